The quantitative estimate of drug-likeness (QED) is 0.693. The topological polar surface area (TPSA) is 69.2 Å². The zero-order valence-electron chi connectivity index (χ0n) is 12.8. The summed E-state index contributed by atoms with van der Waals surface area (Å²) in [5.41, 5.74) is 0.872. The lowest BCUT2D eigenvalue weighted by molar-refractivity contribution is -0.895. The smallest absolute Gasteiger partial charge is 0.275 e. The van der Waals surface area contributed by atoms with E-state index in [4.69, 9.17) is 12.2 Å². The number of carbonyl (C=O) groups excluding carboxylic acids is 1. The maximum absolute atomic E-state index is 11.7. The van der Waals surface area contributed by atoms with Gasteiger partial charge in [-0.2, -0.15) is 9.36 Å². The predicted octanol–water partition coefficient (Wildman–Crippen LogP) is -0.203. The highest BCUT2D eigenvalue weighted by Gasteiger charge is 2.13. The number of para-hydroxylation sites is 1. The van der Waals surface area contributed by atoms with Crippen LogP contribution in [-0.4, -0.2) is 45.8 Å². The van der Waals surface area contributed by atoms with Crippen molar-refractivity contribution in [3.63, 3.8) is 0 Å². The predicted molar refractivity (Wildman–Crippen MR) is 85.2 cm³/mol. The summed E-state index contributed by atoms with van der Waals surface area (Å²) in [6.07, 6.45) is 0.932. The fraction of sp³-hybridized carbons (Fsp3) is 0.429. The van der Waals surface area contributed by atoms with Gasteiger partial charge < -0.3 is 10.2 Å². The second-order valence-electron chi connectivity index (χ2n) is 5.15. The largest absolute Gasteiger partial charge is 0.351 e. The minimum absolute atomic E-state index is 0.0290. The van der Waals surface area contributed by atoms with Crippen LogP contribution in [0.2, 0.25) is 0 Å². The van der Waals surface area contributed by atoms with Crippen molar-refractivity contribution in [3.8, 4) is 5.69 Å². The first-order valence-electron chi connectivity index (χ1n) is 7.28. The molecule has 0 saturated heterocycles. The van der Waals surface area contributed by atoms with Gasteiger partial charge in [0.15, 0.2) is 13.2 Å². The number of hydrogen-bond acceptors (Lipinski definition) is 4. The molecule has 1 heterocycles. The molecule has 2 rings (SSSR count). The third kappa shape index (κ3) is 4.22. The van der Waals surface area contributed by atoms with Gasteiger partial charge in [0.05, 0.1) is 12.7 Å². The van der Waals surface area contributed by atoms with Crippen LogP contribution in [0.3, 0.4) is 0 Å². The van der Waals surface area contributed by atoms with Crippen LogP contribution in [0.5, 0.6) is 0 Å². The molecule has 0 radical (unpaired) electrons. The van der Waals surface area contributed by atoms with E-state index >= 15 is 0 Å². The molecule has 0 spiro atoms. The summed E-state index contributed by atoms with van der Waals surface area (Å²) >= 11 is 5.40. The molecule has 1 atom stereocenters. The minimum atomic E-state index is 0.0290. The summed E-state index contributed by atoms with van der Waals surface area (Å²) in [6, 6.07) is 9.62. The lowest BCUT2D eigenvalue weighted by Gasteiger charge is -2.12. The van der Waals surface area contributed by atoms with Crippen molar-refractivity contribution in [2.75, 3.05) is 20.1 Å². The van der Waals surface area contributed by atoms with Gasteiger partial charge in [-0.15, -0.1) is 0 Å². The Morgan fingerprint density at radius 1 is 1.32 bits per heavy atom. The van der Waals surface area contributed by atoms with Crippen molar-refractivity contribution < 1.29 is 9.69 Å². The Balaban J connectivity index is 2.01. The van der Waals surface area contributed by atoms with Crippen LogP contribution >= 0.6 is 12.2 Å². The molecule has 0 bridgehead atoms. The van der Waals surface area contributed by atoms with Crippen molar-refractivity contribution in [3.05, 3.63) is 35.1 Å². The van der Waals surface area contributed by atoms with Crippen molar-refractivity contribution in [1.29, 1.82) is 0 Å². The number of nitrogens with zero attached hydrogens (tertiary/aromatic N) is 4. The molecule has 7 nitrogen and oxygen atoms in total. The summed E-state index contributed by atoms with van der Waals surface area (Å²) in [7, 11) is 1.93. The molecule has 8 heteroatoms. The number of benzene rings is 1. The summed E-state index contributed by atoms with van der Waals surface area (Å²) < 4.78 is 3.75. The second kappa shape index (κ2) is 7.81. The number of carbonyl (C=O) groups is 1. The second-order valence-corrected chi connectivity index (χ2v) is 5.52. The summed E-state index contributed by atoms with van der Waals surface area (Å²) in [4.78, 5) is 12.7. The van der Waals surface area contributed by atoms with E-state index in [2.05, 4.69) is 15.7 Å². The van der Waals surface area contributed by atoms with E-state index in [-0.39, 0.29) is 5.91 Å². The number of tetrazole rings is 1. The van der Waals surface area contributed by atoms with Crippen LogP contribution in [0.25, 0.3) is 5.69 Å². The SMILES string of the molecule is CCCNC(=O)C[NH+](C)Cn1nnn(-c2ccccc2)c1=S. The average Bonchev–Trinajstić information content (AvgIpc) is 2.87. The fourth-order valence-corrected chi connectivity index (χ4v) is 2.26. The Labute approximate surface area is 134 Å². The Bertz CT molecular complexity index is 665. The molecule has 118 valence electrons. The van der Waals surface area contributed by atoms with E-state index in [0.29, 0.717) is 24.5 Å². The van der Waals surface area contributed by atoms with Crippen molar-refractivity contribution in [2.45, 2.75) is 20.0 Å². The van der Waals surface area contributed by atoms with E-state index in [1.807, 2.05) is 44.3 Å². The molecule has 2 N–H and O–H groups in total. The number of rotatable bonds is 7. The van der Waals surface area contributed by atoms with E-state index in [9.17, 15) is 4.79 Å². The monoisotopic (exact) mass is 321 g/mol. The molecule has 1 aromatic carbocycles. The van der Waals surface area contributed by atoms with Crippen molar-refractivity contribution in [2.24, 2.45) is 0 Å². The van der Waals surface area contributed by atoms with E-state index in [1.54, 1.807) is 9.36 Å². The molecule has 0 saturated carbocycles. The average molecular weight is 321 g/mol. The number of aromatic nitrogens is 4. The number of quaternary nitrogens is 1. The molecule has 1 amide bonds. The van der Waals surface area contributed by atoms with Crippen LogP contribution in [-0.2, 0) is 11.5 Å². The van der Waals surface area contributed by atoms with Gasteiger partial charge >= 0.3 is 0 Å². The third-order valence-electron chi connectivity index (χ3n) is 3.09. The van der Waals surface area contributed by atoms with Gasteiger partial charge in [-0.25, -0.2) is 0 Å². The maximum Gasteiger partial charge on any atom is 0.275 e. The Morgan fingerprint density at radius 3 is 2.73 bits per heavy atom. The molecular weight excluding hydrogens is 300 g/mol. The first kappa shape index (κ1) is 16.3. The molecule has 22 heavy (non-hydrogen) atoms. The van der Waals surface area contributed by atoms with Crippen LogP contribution in [0.4, 0.5) is 0 Å². The van der Waals surface area contributed by atoms with E-state index in [0.717, 1.165) is 17.0 Å². The molecule has 2 aromatic rings. The van der Waals surface area contributed by atoms with Crippen molar-refractivity contribution >= 4 is 18.1 Å². The number of nitrogens with one attached hydrogen (secondary N) is 2. The van der Waals surface area contributed by atoms with Gasteiger partial charge in [-0.3, -0.25) is 4.79 Å². The molecule has 0 aliphatic heterocycles. The van der Waals surface area contributed by atoms with Gasteiger partial charge in [0.25, 0.3) is 5.91 Å². The summed E-state index contributed by atoms with van der Waals surface area (Å²) in [5.74, 6) is 0.0290. The standard InChI is InChI=1S/C14H20N6OS/c1-3-9-15-13(21)10-18(2)11-19-14(22)20(17-16-19)12-7-5-4-6-8-12/h4-8H,3,9-11H2,1-2H3,(H,15,21)/p+1. The highest BCUT2D eigenvalue weighted by molar-refractivity contribution is 7.71. The Morgan fingerprint density at radius 2 is 2.05 bits per heavy atom. The van der Waals surface area contributed by atoms with Gasteiger partial charge in [0, 0.05) is 6.54 Å². The molecular formula is C14H21N6OS+. The van der Waals surface area contributed by atoms with Crippen LogP contribution in [0, 0.1) is 4.77 Å². The number of hydrogen-bond donors (Lipinski definition) is 2. The summed E-state index contributed by atoms with van der Waals surface area (Å²) in [6.45, 7) is 3.60. The van der Waals surface area contributed by atoms with E-state index < -0.39 is 0 Å². The third-order valence-corrected chi connectivity index (χ3v) is 3.48. The van der Waals surface area contributed by atoms with Crippen molar-refractivity contribution in [1.82, 2.24) is 25.1 Å². The first-order chi connectivity index (χ1) is 10.6. The Kier molecular flexibility index (Phi) is 5.79. The fourth-order valence-electron chi connectivity index (χ4n) is 2.02. The zero-order chi connectivity index (χ0) is 15.9. The molecule has 0 aliphatic rings. The van der Waals surface area contributed by atoms with Gasteiger partial charge in [-0.05, 0) is 41.2 Å². The van der Waals surface area contributed by atoms with Gasteiger partial charge in [0.2, 0.25) is 4.77 Å². The molecule has 0 aliphatic carbocycles. The normalized spacial score (nSPS) is 12.1. The number of likely N-dealkylation sites (N-methyl/N-ethyl adjacent to an activating group) is 1. The Hall–Kier alpha value is -2.06. The first-order valence-corrected chi connectivity index (χ1v) is 7.69. The zero-order valence-corrected chi connectivity index (χ0v) is 13.6. The van der Waals surface area contributed by atoms with Crippen LogP contribution in [0.15, 0.2) is 30.3 Å². The lowest BCUT2D eigenvalue weighted by atomic mass is 10.3. The van der Waals surface area contributed by atoms with Crippen LogP contribution in [0.1, 0.15) is 13.3 Å². The highest BCUT2D eigenvalue weighted by Crippen LogP contribution is 2.04. The maximum atomic E-state index is 11.7. The number of amides is 1. The van der Waals surface area contributed by atoms with E-state index in [1.165, 1.54) is 0 Å². The van der Waals surface area contributed by atoms with Crippen LogP contribution < -0.4 is 10.2 Å². The minimum Gasteiger partial charge on any atom is -0.351 e. The van der Waals surface area contributed by atoms with Gasteiger partial charge in [-0.1, -0.05) is 25.1 Å². The molecule has 0 fully saturated rings. The highest BCUT2D eigenvalue weighted by atomic mass is 32.1. The van der Waals surface area contributed by atoms with Gasteiger partial charge in [0.1, 0.15) is 0 Å². The lowest BCUT2D eigenvalue weighted by Crippen LogP contribution is -3.09. The molecule has 1 aromatic heterocycles. The summed E-state index contributed by atoms with van der Waals surface area (Å²) in [5, 5.41) is 11.0. The molecule has 1 unspecified atom stereocenters.